The number of benzene rings is 1. The number of hydrogen-bond donors (Lipinski definition) is 3. The van der Waals surface area contributed by atoms with Crippen molar-refractivity contribution in [2.24, 2.45) is 0 Å². The highest BCUT2D eigenvalue weighted by Gasteiger charge is 2.32. The van der Waals surface area contributed by atoms with Crippen molar-refractivity contribution in [3.63, 3.8) is 0 Å². The predicted octanol–water partition coefficient (Wildman–Crippen LogP) is 3.25. The molecule has 1 aromatic carbocycles. The highest BCUT2D eigenvalue weighted by Crippen LogP contribution is 2.33. The third kappa shape index (κ3) is 4.47. The van der Waals surface area contributed by atoms with Gasteiger partial charge in [0.15, 0.2) is 5.82 Å². The van der Waals surface area contributed by atoms with Crippen LogP contribution in [0.4, 0.5) is 0 Å². The van der Waals surface area contributed by atoms with Gasteiger partial charge in [0.05, 0.1) is 5.41 Å². The fourth-order valence-electron chi connectivity index (χ4n) is 4.95. The topological polar surface area (TPSA) is 136 Å². The largest absolute Gasteiger partial charge is 0.478 e. The summed E-state index contributed by atoms with van der Waals surface area (Å²) in [7, 11) is 0. The van der Waals surface area contributed by atoms with Gasteiger partial charge in [0.2, 0.25) is 0 Å². The zero-order chi connectivity index (χ0) is 26.7. The van der Waals surface area contributed by atoms with Crippen LogP contribution in [-0.4, -0.2) is 45.4 Å². The van der Waals surface area contributed by atoms with Crippen LogP contribution in [-0.2, 0) is 24.9 Å². The number of aromatic carboxylic acids is 1. The molecule has 11 heteroatoms. The summed E-state index contributed by atoms with van der Waals surface area (Å²) in [5.74, 6) is -0.148. The van der Waals surface area contributed by atoms with E-state index in [0.717, 1.165) is 29.7 Å². The van der Waals surface area contributed by atoms with E-state index in [4.69, 9.17) is 0 Å². The van der Waals surface area contributed by atoms with E-state index in [1.54, 1.807) is 27.6 Å². The normalized spacial score (nSPS) is 14.1. The van der Waals surface area contributed by atoms with Crippen LogP contribution < -0.4 is 11.0 Å². The second kappa shape index (κ2) is 10.4. The number of aromatic amines is 1. The summed E-state index contributed by atoms with van der Waals surface area (Å²) < 4.78 is 5.04. The molecule has 0 atom stereocenters. The highest BCUT2D eigenvalue weighted by atomic mass is 16.4. The highest BCUT2D eigenvalue weighted by molar-refractivity contribution is 5.91. The maximum absolute atomic E-state index is 14.0. The number of tetrazole rings is 1. The second-order valence-electron chi connectivity index (χ2n) is 9.31. The molecular weight excluding hydrogens is 484 g/mol. The van der Waals surface area contributed by atoms with Crippen LogP contribution >= 0.6 is 0 Å². The number of hydrogen-bond acceptors (Lipinski definition) is 6. The Balaban J connectivity index is 1.65. The molecule has 0 spiro atoms. The number of aromatic nitrogens is 7. The number of carbonyl (C=O) groups is 1. The van der Waals surface area contributed by atoms with Crippen molar-refractivity contribution in [3.05, 3.63) is 94.6 Å². The van der Waals surface area contributed by atoms with Crippen molar-refractivity contribution >= 4 is 5.97 Å². The quantitative estimate of drug-likeness (QED) is 0.296. The maximum Gasteiger partial charge on any atom is 0.339 e. The zero-order valence-electron chi connectivity index (χ0n) is 21.3. The first-order valence-electron chi connectivity index (χ1n) is 12.7. The van der Waals surface area contributed by atoms with Gasteiger partial charge in [0.1, 0.15) is 11.4 Å². The van der Waals surface area contributed by atoms with Crippen LogP contribution in [0, 0.1) is 0 Å². The minimum atomic E-state index is -1.07. The van der Waals surface area contributed by atoms with Gasteiger partial charge in [-0.3, -0.25) is 9.13 Å². The van der Waals surface area contributed by atoms with Gasteiger partial charge in [-0.05, 0) is 60.3 Å². The molecule has 1 aliphatic heterocycles. The van der Waals surface area contributed by atoms with Gasteiger partial charge in [-0.15, -0.1) is 5.10 Å². The Morgan fingerprint density at radius 2 is 1.97 bits per heavy atom. The molecule has 0 saturated carbocycles. The molecule has 0 unspecified atom stereocenters. The first-order chi connectivity index (χ1) is 18.5. The molecule has 0 fully saturated rings. The molecule has 0 radical (unpaired) electrons. The van der Waals surface area contributed by atoms with E-state index in [2.05, 4.69) is 32.9 Å². The second-order valence-corrected chi connectivity index (χ2v) is 9.31. The monoisotopic (exact) mass is 514 g/mol. The molecular formula is C27H30N8O3. The van der Waals surface area contributed by atoms with Crippen LogP contribution in [0.5, 0.6) is 0 Å². The summed E-state index contributed by atoms with van der Waals surface area (Å²) in [6.07, 6.45) is 13.9. The molecule has 1 aliphatic rings. The molecule has 4 heterocycles. The van der Waals surface area contributed by atoms with E-state index < -0.39 is 11.4 Å². The Bertz CT molecular complexity index is 1540. The molecule has 0 saturated heterocycles. The molecule has 0 aliphatic carbocycles. The molecule has 3 N–H and O–H groups in total. The predicted molar refractivity (Wildman–Crippen MR) is 142 cm³/mol. The summed E-state index contributed by atoms with van der Waals surface area (Å²) in [5, 5.41) is 27.1. The number of rotatable bonds is 10. The summed E-state index contributed by atoms with van der Waals surface area (Å²) in [5.41, 5.74) is 1.82. The number of dihydropyridines is 1. The Hall–Kier alpha value is -4.67. The number of imidazole rings is 1. The maximum atomic E-state index is 14.0. The Morgan fingerprint density at radius 3 is 2.66 bits per heavy atom. The first-order valence-corrected chi connectivity index (χ1v) is 12.7. The molecule has 0 bridgehead atoms. The number of aryl methyl sites for hydroxylation is 2. The number of carboxylic acid groups (broad SMARTS) is 1. The molecule has 5 rings (SSSR count). The van der Waals surface area contributed by atoms with Crippen LogP contribution in [0.1, 0.15) is 48.3 Å². The number of allylic oxidation sites excluding steroid dienone is 2. The smallest absolute Gasteiger partial charge is 0.339 e. The van der Waals surface area contributed by atoms with Gasteiger partial charge in [-0.1, -0.05) is 43.7 Å². The first kappa shape index (κ1) is 25.0. The lowest BCUT2D eigenvalue weighted by atomic mass is 9.78. The van der Waals surface area contributed by atoms with Gasteiger partial charge in [-0.25, -0.2) is 14.7 Å². The average molecular weight is 515 g/mol. The van der Waals surface area contributed by atoms with Crippen LogP contribution in [0.25, 0.3) is 17.2 Å². The van der Waals surface area contributed by atoms with E-state index >= 15 is 0 Å². The Kier molecular flexibility index (Phi) is 6.82. The zero-order valence-corrected chi connectivity index (χ0v) is 21.3. The van der Waals surface area contributed by atoms with Crippen molar-refractivity contribution in [3.8, 4) is 17.2 Å². The van der Waals surface area contributed by atoms with Crippen molar-refractivity contribution in [2.75, 3.05) is 0 Å². The fourth-order valence-corrected chi connectivity index (χ4v) is 4.95. The fraction of sp³-hybridized carbons (Fsp3) is 0.296. The lowest BCUT2D eigenvalue weighted by molar-refractivity contribution is 0.0697. The Morgan fingerprint density at radius 1 is 1.16 bits per heavy atom. The van der Waals surface area contributed by atoms with Crippen molar-refractivity contribution in [1.82, 2.24) is 39.6 Å². The third-order valence-corrected chi connectivity index (χ3v) is 6.97. The van der Waals surface area contributed by atoms with E-state index in [1.807, 2.05) is 55.7 Å². The summed E-state index contributed by atoms with van der Waals surface area (Å²) in [6.45, 7) is 4.90. The van der Waals surface area contributed by atoms with Gasteiger partial charge < -0.3 is 15.0 Å². The standard InChI is InChI=1S/C27H30N8O3/c1-3-5-9-21-17-34(24-22(25(36)37)10-15-33(24)4-2)26(38)35(21)18-27(11-13-28-14-12-27)20-8-6-7-19(16-20)23-29-31-32-30-23/h6-8,10-17,28H,3-5,9,18H2,1-2H3,(H,36,37)(H,29,30,31,32). The van der Waals surface area contributed by atoms with E-state index in [-0.39, 0.29) is 11.3 Å². The van der Waals surface area contributed by atoms with E-state index in [9.17, 15) is 14.7 Å². The van der Waals surface area contributed by atoms with E-state index in [1.165, 1.54) is 4.57 Å². The van der Waals surface area contributed by atoms with Crippen LogP contribution in [0.15, 0.2) is 72.1 Å². The SMILES string of the molecule is CCCCc1cn(-c2c(C(=O)O)ccn2CC)c(=O)n1CC1(c2cccc(-c3nnn[nH]3)c2)C=CNC=C1. The molecule has 0 amide bonds. The molecule has 38 heavy (non-hydrogen) atoms. The number of unbranched alkanes of at least 4 members (excludes halogenated alkanes) is 1. The molecule has 196 valence electrons. The molecule has 3 aromatic heterocycles. The lowest BCUT2D eigenvalue weighted by Gasteiger charge is -2.31. The summed E-state index contributed by atoms with van der Waals surface area (Å²) in [4.78, 5) is 26.0. The average Bonchev–Trinajstić information content (AvgIpc) is 3.68. The summed E-state index contributed by atoms with van der Waals surface area (Å²) in [6, 6.07) is 9.44. The molecule has 4 aromatic rings. The number of H-pyrrole nitrogens is 1. The number of nitrogens with zero attached hydrogens (tertiary/aromatic N) is 6. The van der Waals surface area contributed by atoms with Gasteiger partial charge >= 0.3 is 11.7 Å². The number of nitrogens with one attached hydrogen (secondary N) is 2. The van der Waals surface area contributed by atoms with Gasteiger partial charge in [0.25, 0.3) is 0 Å². The number of carboxylic acids is 1. The van der Waals surface area contributed by atoms with Crippen molar-refractivity contribution < 1.29 is 9.90 Å². The lowest BCUT2D eigenvalue weighted by Crippen LogP contribution is -2.36. The van der Waals surface area contributed by atoms with Crippen LogP contribution in [0.3, 0.4) is 0 Å². The molecule has 11 nitrogen and oxygen atoms in total. The summed E-state index contributed by atoms with van der Waals surface area (Å²) >= 11 is 0. The van der Waals surface area contributed by atoms with Gasteiger partial charge in [0, 0.05) is 36.7 Å². The minimum Gasteiger partial charge on any atom is -0.478 e. The van der Waals surface area contributed by atoms with Gasteiger partial charge in [-0.2, -0.15) is 0 Å². The minimum absolute atomic E-state index is 0.0953. The van der Waals surface area contributed by atoms with Crippen LogP contribution in [0.2, 0.25) is 0 Å². The third-order valence-electron chi connectivity index (χ3n) is 6.97. The Labute approximate surface area is 219 Å². The van der Waals surface area contributed by atoms with Crippen molar-refractivity contribution in [1.29, 1.82) is 0 Å². The van der Waals surface area contributed by atoms with E-state index in [0.29, 0.717) is 31.2 Å². The van der Waals surface area contributed by atoms with Crippen molar-refractivity contribution in [2.45, 2.75) is 51.6 Å².